The van der Waals surface area contributed by atoms with E-state index in [1.165, 1.54) is 21.5 Å². The Bertz CT molecular complexity index is 1210. The molecule has 6 rings (SSSR count). The monoisotopic (exact) mass is 551 g/mol. The third-order valence-corrected chi connectivity index (χ3v) is 4.81. The summed E-state index contributed by atoms with van der Waals surface area (Å²) in [6.07, 6.45) is 3.64. The summed E-state index contributed by atoms with van der Waals surface area (Å²) in [4.78, 5) is 8.76. The summed E-state index contributed by atoms with van der Waals surface area (Å²) in [7, 11) is 0. The first kappa shape index (κ1) is 19.2. The van der Waals surface area contributed by atoms with Crippen LogP contribution in [0.2, 0.25) is 0 Å². The molecule has 0 atom stereocenters. The fourth-order valence-corrected chi connectivity index (χ4v) is 3.47. The van der Waals surface area contributed by atoms with Crippen LogP contribution in [-0.4, -0.2) is 9.97 Å². The van der Waals surface area contributed by atoms with Crippen molar-refractivity contribution in [3.63, 3.8) is 0 Å². The van der Waals surface area contributed by atoms with E-state index in [2.05, 4.69) is 70.6 Å². The number of benzene rings is 4. The summed E-state index contributed by atoms with van der Waals surface area (Å²) < 4.78 is 0. The van der Waals surface area contributed by atoms with E-state index in [9.17, 15) is 0 Å². The van der Waals surface area contributed by atoms with Crippen molar-refractivity contribution in [2.24, 2.45) is 0 Å². The zero-order valence-electron chi connectivity index (χ0n) is 15.4. The van der Waals surface area contributed by atoms with Crippen LogP contribution in [0.15, 0.2) is 97.3 Å². The van der Waals surface area contributed by atoms with Crippen molar-refractivity contribution in [3.05, 3.63) is 109 Å². The molecule has 2 aromatic heterocycles. The van der Waals surface area contributed by atoms with Crippen LogP contribution in [0.5, 0.6) is 0 Å². The zero-order valence-corrected chi connectivity index (χ0v) is 17.7. The molecule has 0 aliphatic rings. The van der Waals surface area contributed by atoms with Crippen LogP contribution >= 0.6 is 0 Å². The number of hydrogen-bond donors (Lipinski definition) is 0. The molecule has 0 radical (unpaired) electrons. The van der Waals surface area contributed by atoms with Gasteiger partial charge in [0.05, 0.1) is 0 Å². The van der Waals surface area contributed by atoms with Crippen molar-refractivity contribution in [3.8, 4) is 0 Å². The average molecular weight is 552 g/mol. The van der Waals surface area contributed by atoms with Crippen molar-refractivity contribution in [2.75, 3.05) is 0 Å². The maximum Gasteiger partial charge on any atom is 2.00 e. The molecule has 0 spiro atoms. The Hall–Kier alpha value is -3.09. The number of pyridine rings is 2. The molecule has 2 nitrogen and oxygen atoms in total. The predicted molar refractivity (Wildman–Crippen MR) is 116 cm³/mol. The first-order valence-corrected chi connectivity index (χ1v) is 9.18. The van der Waals surface area contributed by atoms with E-state index in [-0.39, 0.29) is 21.1 Å². The molecule has 2 heterocycles. The molecule has 6 aromatic rings. The van der Waals surface area contributed by atoms with Gasteiger partial charge in [0.25, 0.3) is 0 Å². The van der Waals surface area contributed by atoms with Gasteiger partial charge < -0.3 is 9.97 Å². The van der Waals surface area contributed by atoms with Crippen molar-refractivity contribution in [1.29, 1.82) is 0 Å². The Morgan fingerprint density at radius 3 is 1.38 bits per heavy atom. The van der Waals surface area contributed by atoms with Crippen molar-refractivity contribution < 1.29 is 21.1 Å². The van der Waals surface area contributed by atoms with E-state index >= 15 is 0 Å². The summed E-state index contributed by atoms with van der Waals surface area (Å²) in [6, 6.07) is 34.9. The quantitative estimate of drug-likeness (QED) is 0.162. The Balaban J connectivity index is 0.000000137. The van der Waals surface area contributed by atoms with E-state index in [1.54, 1.807) is 0 Å². The molecule has 0 saturated carbocycles. The Labute approximate surface area is 183 Å². The first-order chi connectivity index (χ1) is 13.9. The fraction of sp³-hybridized carbons (Fsp3) is 0. The van der Waals surface area contributed by atoms with Crippen LogP contribution in [0.1, 0.15) is 0 Å². The van der Waals surface area contributed by atoms with Crippen LogP contribution in [0.3, 0.4) is 0 Å². The molecule has 0 aliphatic carbocycles. The van der Waals surface area contributed by atoms with Crippen LogP contribution < -0.4 is 0 Å². The molecule has 140 valence electrons. The van der Waals surface area contributed by atoms with E-state index < -0.39 is 0 Å². The normalized spacial score (nSPS) is 10.5. The second-order valence-corrected chi connectivity index (χ2v) is 6.55. The third-order valence-electron chi connectivity index (χ3n) is 4.81. The standard InChI is InChI=1S/2C13H8N.Pt/c2*1-2-6-12-10(4-1)7-8-11-5-3-9-14-13(11)12;/h2*1-5,7-9H;/q2*-1;+2. The van der Waals surface area contributed by atoms with E-state index in [4.69, 9.17) is 0 Å². The largest absolute Gasteiger partial charge is 2.00 e. The predicted octanol–water partition coefficient (Wildman–Crippen LogP) is 6.37. The maximum absolute atomic E-state index is 4.38. The molecule has 0 aliphatic heterocycles. The Morgan fingerprint density at radius 2 is 0.897 bits per heavy atom. The van der Waals surface area contributed by atoms with Gasteiger partial charge in [-0.3, -0.25) is 0 Å². The van der Waals surface area contributed by atoms with Gasteiger partial charge in [0.2, 0.25) is 0 Å². The fourth-order valence-electron chi connectivity index (χ4n) is 3.47. The van der Waals surface area contributed by atoms with E-state index in [0.717, 1.165) is 21.8 Å². The maximum atomic E-state index is 4.38. The molecule has 0 fully saturated rings. The second kappa shape index (κ2) is 8.51. The number of fused-ring (bicyclic) bond motifs is 6. The van der Waals surface area contributed by atoms with Gasteiger partial charge in [-0.2, -0.15) is 0 Å². The number of rotatable bonds is 0. The van der Waals surface area contributed by atoms with Gasteiger partial charge in [0, 0.05) is 12.4 Å². The Kier molecular flexibility index (Phi) is 5.64. The van der Waals surface area contributed by atoms with Gasteiger partial charge in [-0.05, 0) is 33.9 Å². The van der Waals surface area contributed by atoms with Crippen molar-refractivity contribution >= 4 is 43.4 Å². The molecule has 0 unspecified atom stereocenters. The van der Waals surface area contributed by atoms with Gasteiger partial charge in [-0.1, -0.05) is 36.4 Å². The molecule has 3 heteroatoms. The minimum atomic E-state index is 0. The molecule has 29 heavy (non-hydrogen) atoms. The van der Waals surface area contributed by atoms with Crippen molar-refractivity contribution in [1.82, 2.24) is 9.97 Å². The first-order valence-electron chi connectivity index (χ1n) is 9.18. The summed E-state index contributed by atoms with van der Waals surface area (Å²) in [6.45, 7) is 0. The van der Waals surface area contributed by atoms with Gasteiger partial charge in [-0.15, -0.1) is 70.1 Å². The topological polar surface area (TPSA) is 25.8 Å². The van der Waals surface area contributed by atoms with Crippen LogP contribution in [-0.2, 0) is 21.1 Å². The number of aromatic nitrogens is 2. The molecule has 0 saturated heterocycles. The van der Waals surface area contributed by atoms with Gasteiger partial charge in [0.15, 0.2) is 0 Å². The zero-order chi connectivity index (χ0) is 18.8. The van der Waals surface area contributed by atoms with Gasteiger partial charge in [-0.25, -0.2) is 0 Å². The summed E-state index contributed by atoms with van der Waals surface area (Å²) in [5.41, 5.74) is 2.07. The number of hydrogen-bond acceptors (Lipinski definition) is 2. The van der Waals surface area contributed by atoms with Gasteiger partial charge in [0.1, 0.15) is 0 Å². The number of nitrogens with zero attached hydrogens (tertiary/aromatic N) is 2. The molecular formula is C26H16N2Pt. The molecule has 0 N–H and O–H groups in total. The molecule has 0 amide bonds. The van der Waals surface area contributed by atoms with Crippen LogP contribution in [0, 0.1) is 12.1 Å². The molecule has 0 bridgehead atoms. The smallest absolute Gasteiger partial charge is 0.304 e. The molecule has 4 aromatic carbocycles. The van der Waals surface area contributed by atoms with Crippen LogP contribution in [0.4, 0.5) is 0 Å². The minimum Gasteiger partial charge on any atom is -0.304 e. The van der Waals surface area contributed by atoms with Gasteiger partial charge >= 0.3 is 21.1 Å². The van der Waals surface area contributed by atoms with Crippen molar-refractivity contribution in [2.45, 2.75) is 0 Å². The summed E-state index contributed by atoms with van der Waals surface area (Å²) >= 11 is 0. The third kappa shape index (κ3) is 3.77. The minimum absolute atomic E-state index is 0. The van der Waals surface area contributed by atoms with Crippen LogP contribution in [0.25, 0.3) is 43.4 Å². The average Bonchev–Trinajstić information content (AvgIpc) is 2.79. The second-order valence-electron chi connectivity index (χ2n) is 6.55. The Morgan fingerprint density at radius 1 is 0.483 bits per heavy atom. The van der Waals surface area contributed by atoms with E-state index in [1.807, 2.05) is 48.8 Å². The summed E-state index contributed by atoms with van der Waals surface area (Å²) in [5.74, 6) is 0. The SMILES string of the molecule is [Pt+2].[c-]1cccc2ccc3cccnc3c12.[c-]1cccc2ccc3cccnc3c12. The summed E-state index contributed by atoms with van der Waals surface area (Å²) in [5, 5.41) is 6.93. The molecular weight excluding hydrogens is 535 g/mol. The van der Waals surface area contributed by atoms with E-state index in [0.29, 0.717) is 0 Å².